The number of nitrogens with zero attached hydrogens (tertiary/aromatic N) is 1. The van der Waals surface area contributed by atoms with Crippen molar-refractivity contribution in [3.63, 3.8) is 0 Å². The van der Waals surface area contributed by atoms with Gasteiger partial charge in [-0.2, -0.15) is 0 Å². The summed E-state index contributed by atoms with van der Waals surface area (Å²) in [6.07, 6.45) is 2.72. The van der Waals surface area contributed by atoms with E-state index >= 15 is 0 Å². The molecule has 1 amide bonds. The maximum atomic E-state index is 11.3. The lowest BCUT2D eigenvalue weighted by Crippen LogP contribution is -2.31. The second kappa shape index (κ2) is 11.5. The van der Waals surface area contributed by atoms with Gasteiger partial charge in [0.05, 0.1) is 0 Å². The van der Waals surface area contributed by atoms with E-state index in [1.165, 1.54) is 0 Å². The zero-order valence-electron chi connectivity index (χ0n) is 9.89. The Balaban J connectivity index is 0. The van der Waals surface area contributed by atoms with Crippen LogP contribution in [0, 0.1) is 0 Å². The van der Waals surface area contributed by atoms with Crippen LogP contribution in [-0.4, -0.2) is 23.9 Å². The highest BCUT2D eigenvalue weighted by molar-refractivity contribution is 5.75. The molecule has 2 nitrogen and oxygen atoms in total. The zero-order chi connectivity index (χ0) is 10.7. The molecule has 0 aromatic heterocycles. The summed E-state index contributed by atoms with van der Waals surface area (Å²) >= 11 is 0. The van der Waals surface area contributed by atoms with Gasteiger partial charge < -0.3 is 4.90 Å². The Morgan fingerprint density at radius 2 is 1.62 bits per heavy atom. The molecular weight excluding hydrogens is 162 g/mol. The van der Waals surface area contributed by atoms with E-state index in [1.807, 2.05) is 32.6 Å². The number of rotatable bonds is 5. The van der Waals surface area contributed by atoms with E-state index in [-0.39, 0.29) is 0 Å². The Morgan fingerprint density at radius 3 is 1.92 bits per heavy atom. The topological polar surface area (TPSA) is 20.3 Å². The second-order valence-corrected chi connectivity index (χ2v) is 2.72. The van der Waals surface area contributed by atoms with E-state index in [9.17, 15) is 4.79 Å². The fraction of sp³-hybridized carbons (Fsp3) is 0.909. The van der Waals surface area contributed by atoms with Crippen molar-refractivity contribution in [2.24, 2.45) is 0 Å². The highest BCUT2D eigenvalue weighted by Gasteiger charge is 2.07. The molecular formula is C11H25NO. The predicted octanol–water partition coefficient (Wildman–Crippen LogP) is 3.07. The number of carbonyl (C=O) groups excluding carboxylic acids is 1. The number of hydrogen-bond donors (Lipinski definition) is 0. The quantitative estimate of drug-likeness (QED) is 0.647. The molecule has 0 saturated heterocycles. The minimum Gasteiger partial charge on any atom is -0.343 e. The third-order valence-electron chi connectivity index (χ3n) is 1.69. The van der Waals surface area contributed by atoms with Crippen LogP contribution in [0.25, 0.3) is 0 Å². The van der Waals surface area contributed by atoms with Gasteiger partial charge in [-0.05, 0) is 19.8 Å². The maximum Gasteiger partial charge on any atom is 0.222 e. The monoisotopic (exact) mass is 187 g/mol. The van der Waals surface area contributed by atoms with E-state index < -0.39 is 0 Å². The molecule has 2 heteroatoms. The van der Waals surface area contributed by atoms with Gasteiger partial charge in [0, 0.05) is 19.5 Å². The summed E-state index contributed by atoms with van der Waals surface area (Å²) in [5.74, 6) is 0.303. The van der Waals surface area contributed by atoms with Crippen molar-refractivity contribution in [1.82, 2.24) is 4.90 Å². The smallest absolute Gasteiger partial charge is 0.222 e. The molecule has 0 aliphatic rings. The molecule has 0 spiro atoms. The second-order valence-electron chi connectivity index (χ2n) is 2.72. The van der Waals surface area contributed by atoms with Crippen LogP contribution >= 0.6 is 0 Å². The molecule has 0 rings (SSSR count). The maximum absolute atomic E-state index is 11.3. The first-order chi connectivity index (χ1) is 6.26. The van der Waals surface area contributed by atoms with Crippen molar-refractivity contribution in [2.75, 3.05) is 13.1 Å². The normalized spacial score (nSPS) is 8.69. The predicted molar refractivity (Wildman–Crippen MR) is 58.8 cm³/mol. The standard InChI is InChI=1S/C9H19NO.C2H6/c1-4-7-9(11)10(6-3)8-5-2;1-2/h4-8H2,1-3H3;1-2H3. The first-order valence-electron chi connectivity index (χ1n) is 5.54. The molecule has 0 aliphatic heterocycles. The summed E-state index contributed by atoms with van der Waals surface area (Å²) < 4.78 is 0. The number of amides is 1. The van der Waals surface area contributed by atoms with Crippen LogP contribution in [0.2, 0.25) is 0 Å². The number of carbonyl (C=O) groups is 1. The fourth-order valence-electron chi connectivity index (χ4n) is 1.10. The molecule has 0 radical (unpaired) electrons. The van der Waals surface area contributed by atoms with Crippen molar-refractivity contribution < 1.29 is 4.79 Å². The van der Waals surface area contributed by atoms with Crippen LogP contribution in [-0.2, 0) is 4.79 Å². The van der Waals surface area contributed by atoms with Gasteiger partial charge in [-0.3, -0.25) is 4.79 Å². The highest BCUT2D eigenvalue weighted by atomic mass is 16.2. The summed E-state index contributed by atoms with van der Waals surface area (Å²) in [4.78, 5) is 13.2. The average Bonchev–Trinajstić information content (AvgIpc) is 2.17. The van der Waals surface area contributed by atoms with Crippen LogP contribution < -0.4 is 0 Å². The van der Waals surface area contributed by atoms with Gasteiger partial charge in [0.15, 0.2) is 0 Å². The molecule has 13 heavy (non-hydrogen) atoms. The lowest BCUT2D eigenvalue weighted by atomic mass is 10.3. The van der Waals surface area contributed by atoms with Gasteiger partial charge >= 0.3 is 0 Å². The highest BCUT2D eigenvalue weighted by Crippen LogP contribution is 1.98. The molecule has 80 valence electrons. The Hall–Kier alpha value is -0.530. The minimum absolute atomic E-state index is 0.303. The Labute approximate surface area is 83.3 Å². The largest absolute Gasteiger partial charge is 0.343 e. The molecule has 0 fully saturated rings. The SMILES string of the molecule is CC.CCCC(=O)N(CC)CCC. The van der Waals surface area contributed by atoms with Crippen LogP contribution in [0.15, 0.2) is 0 Å². The van der Waals surface area contributed by atoms with E-state index in [1.54, 1.807) is 0 Å². The molecule has 0 saturated carbocycles. The van der Waals surface area contributed by atoms with Crippen molar-refractivity contribution >= 4 is 5.91 Å². The number of hydrogen-bond acceptors (Lipinski definition) is 1. The van der Waals surface area contributed by atoms with Crippen molar-refractivity contribution in [3.8, 4) is 0 Å². The summed E-state index contributed by atoms with van der Waals surface area (Å²) in [7, 11) is 0. The van der Waals surface area contributed by atoms with Crippen LogP contribution in [0.1, 0.15) is 53.9 Å². The van der Waals surface area contributed by atoms with Crippen molar-refractivity contribution in [1.29, 1.82) is 0 Å². The molecule has 0 heterocycles. The Bertz CT molecular complexity index is 113. The van der Waals surface area contributed by atoms with Gasteiger partial charge in [0.25, 0.3) is 0 Å². The lowest BCUT2D eigenvalue weighted by Gasteiger charge is -2.19. The lowest BCUT2D eigenvalue weighted by molar-refractivity contribution is -0.131. The van der Waals surface area contributed by atoms with Gasteiger partial charge in [0.1, 0.15) is 0 Å². The van der Waals surface area contributed by atoms with E-state index in [4.69, 9.17) is 0 Å². The van der Waals surface area contributed by atoms with E-state index in [0.717, 1.165) is 25.9 Å². The summed E-state index contributed by atoms with van der Waals surface area (Å²) in [5.41, 5.74) is 0. The third-order valence-corrected chi connectivity index (χ3v) is 1.69. The van der Waals surface area contributed by atoms with Crippen LogP contribution in [0.4, 0.5) is 0 Å². The van der Waals surface area contributed by atoms with Crippen molar-refractivity contribution in [2.45, 2.75) is 53.9 Å². The van der Waals surface area contributed by atoms with Crippen LogP contribution in [0.5, 0.6) is 0 Å². The minimum atomic E-state index is 0.303. The van der Waals surface area contributed by atoms with E-state index in [0.29, 0.717) is 12.3 Å². The first-order valence-corrected chi connectivity index (χ1v) is 5.54. The average molecular weight is 187 g/mol. The van der Waals surface area contributed by atoms with Gasteiger partial charge in [-0.25, -0.2) is 0 Å². The van der Waals surface area contributed by atoms with Gasteiger partial charge in [-0.1, -0.05) is 27.7 Å². The molecule has 0 atom stereocenters. The third kappa shape index (κ3) is 7.82. The Kier molecular flexibility index (Phi) is 13.2. The molecule has 0 aliphatic carbocycles. The van der Waals surface area contributed by atoms with Crippen molar-refractivity contribution in [3.05, 3.63) is 0 Å². The molecule has 0 bridgehead atoms. The summed E-state index contributed by atoms with van der Waals surface area (Å²) in [6.45, 7) is 11.9. The Morgan fingerprint density at radius 1 is 1.08 bits per heavy atom. The van der Waals surface area contributed by atoms with Gasteiger partial charge in [-0.15, -0.1) is 0 Å². The summed E-state index contributed by atoms with van der Waals surface area (Å²) in [6, 6.07) is 0. The first kappa shape index (κ1) is 15.0. The molecule has 0 N–H and O–H groups in total. The fourth-order valence-corrected chi connectivity index (χ4v) is 1.10. The van der Waals surface area contributed by atoms with Crippen LogP contribution in [0.3, 0.4) is 0 Å². The molecule has 0 unspecified atom stereocenters. The summed E-state index contributed by atoms with van der Waals surface area (Å²) in [5, 5.41) is 0. The van der Waals surface area contributed by atoms with Gasteiger partial charge in [0.2, 0.25) is 5.91 Å². The molecule has 0 aromatic carbocycles. The zero-order valence-corrected chi connectivity index (χ0v) is 9.89. The van der Waals surface area contributed by atoms with E-state index in [2.05, 4.69) is 6.92 Å². The molecule has 0 aromatic rings.